The zero-order valence-corrected chi connectivity index (χ0v) is 9.39. The summed E-state index contributed by atoms with van der Waals surface area (Å²) >= 11 is 0. The molecular weight excluding hydrogens is 156 g/mol. The molecule has 0 unspecified atom stereocenters. The molecule has 0 N–H and O–H groups in total. The van der Waals surface area contributed by atoms with Gasteiger partial charge in [-0.3, -0.25) is 0 Å². The fourth-order valence-corrected chi connectivity index (χ4v) is 1.58. The fourth-order valence-electron chi connectivity index (χ4n) is 1.58. The van der Waals surface area contributed by atoms with Crippen LogP contribution in [0.3, 0.4) is 0 Å². The maximum Gasteiger partial charge on any atom is 0.00108 e. The van der Waals surface area contributed by atoms with Crippen molar-refractivity contribution in [2.75, 3.05) is 0 Å². The van der Waals surface area contributed by atoms with Crippen LogP contribution in [0.5, 0.6) is 0 Å². The van der Waals surface area contributed by atoms with E-state index in [0.717, 1.165) is 0 Å². The van der Waals surface area contributed by atoms with Crippen LogP contribution in [-0.2, 0) is 0 Å². The van der Waals surface area contributed by atoms with Crippen molar-refractivity contribution in [2.24, 2.45) is 11.3 Å². The van der Waals surface area contributed by atoms with E-state index in [-0.39, 0.29) is 5.41 Å². The molecule has 0 bridgehead atoms. The van der Waals surface area contributed by atoms with Gasteiger partial charge in [-0.2, -0.15) is 0 Å². The largest absolute Gasteiger partial charge is 0.0748 e. The van der Waals surface area contributed by atoms with Gasteiger partial charge in [0.05, 0.1) is 0 Å². The topological polar surface area (TPSA) is 0 Å². The first-order valence-electron chi connectivity index (χ1n) is 5.01. The summed E-state index contributed by atoms with van der Waals surface area (Å²) < 4.78 is 0. The maximum atomic E-state index is 2.29. The van der Waals surface area contributed by atoms with Crippen LogP contribution in [0.25, 0.3) is 0 Å². The summed E-state index contributed by atoms with van der Waals surface area (Å²) in [7, 11) is 0. The van der Waals surface area contributed by atoms with Crippen molar-refractivity contribution in [2.45, 2.75) is 34.6 Å². The predicted octanol–water partition coefficient (Wildman–Crippen LogP) is 4.11. The van der Waals surface area contributed by atoms with Crippen LogP contribution < -0.4 is 0 Å². The van der Waals surface area contributed by atoms with E-state index in [1.165, 1.54) is 11.1 Å². The Morgan fingerprint density at radius 1 is 1.08 bits per heavy atom. The van der Waals surface area contributed by atoms with Gasteiger partial charge in [0.2, 0.25) is 0 Å². The minimum atomic E-state index is 0.206. The van der Waals surface area contributed by atoms with E-state index in [4.69, 9.17) is 0 Å². The predicted molar refractivity (Wildman–Crippen MR) is 59.6 cm³/mol. The summed E-state index contributed by atoms with van der Waals surface area (Å²) in [6, 6.07) is 0. The first-order valence-corrected chi connectivity index (χ1v) is 5.01. The van der Waals surface area contributed by atoms with E-state index in [9.17, 15) is 0 Å². The molecule has 0 amide bonds. The highest BCUT2D eigenvalue weighted by Crippen LogP contribution is 2.28. The van der Waals surface area contributed by atoms with Gasteiger partial charge in [-0.1, -0.05) is 52.0 Å². The lowest BCUT2D eigenvalue weighted by Gasteiger charge is -2.12. The van der Waals surface area contributed by atoms with E-state index in [0.29, 0.717) is 5.92 Å². The van der Waals surface area contributed by atoms with Gasteiger partial charge in [0.25, 0.3) is 0 Å². The summed E-state index contributed by atoms with van der Waals surface area (Å²) in [5.41, 5.74) is 3.07. The molecule has 0 aromatic heterocycles. The van der Waals surface area contributed by atoms with Crippen LogP contribution in [0.15, 0.2) is 35.5 Å². The lowest BCUT2D eigenvalue weighted by atomic mass is 9.92. The van der Waals surface area contributed by atoms with Gasteiger partial charge in [0.15, 0.2) is 0 Å². The normalized spacial score (nSPS) is 21.1. The highest BCUT2D eigenvalue weighted by atomic mass is 14.2. The summed E-state index contributed by atoms with van der Waals surface area (Å²) in [5.74, 6) is 0.620. The van der Waals surface area contributed by atoms with Gasteiger partial charge < -0.3 is 0 Å². The monoisotopic (exact) mass is 176 g/mol. The van der Waals surface area contributed by atoms with Crippen LogP contribution in [0.4, 0.5) is 0 Å². The van der Waals surface area contributed by atoms with Crippen LogP contribution in [-0.4, -0.2) is 0 Å². The van der Waals surface area contributed by atoms with Crippen molar-refractivity contribution in [3.63, 3.8) is 0 Å². The highest BCUT2D eigenvalue weighted by molar-refractivity contribution is 5.37. The van der Waals surface area contributed by atoms with E-state index < -0.39 is 0 Å². The summed E-state index contributed by atoms with van der Waals surface area (Å²) in [4.78, 5) is 0. The van der Waals surface area contributed by atoms with Crippen molar-refractivity contribution >= 4 is 0 Å². The first kappa shape index (κ1) is 10.3. The summed E-state index contributed by atoms with van der Waals surface area (Å²) in [6.45, 7) is 11.1. The van der Waals surface area contributed by atoms with Crippen molar-refractivity contribution in [3.8, 4) is 0 Å². The summed E-state index contributed by atoms with van der Waals surface area (Å²) in [5, 5.41) is 0. The molecule has 0 atom stereocenters. The van der Waals surface area contributed by atoms with Gasteiger partial charge >= 0.3 is 0 Å². The standard InChI is InChI=1S/C13H20/c1-10(2)12-7-9-13(4,5)8-6-11(12)3/h6-10H,1-5H3. The van der Waals surface area contributed by atoms with Gasteiger partial charge in [0.1, 0.15) is 0 Å². The van der Waals surface area contributed by atoms with Crippen molar-refractivity contribution in [3.05, 3.63) is 35.5 Å². The van der Waals surface area contributed by atoms with Gasteiger partial charge in [0, 0.05) is 5.41 Å². The van der Waals surface area contributed by atoms with E-state index in [1.54, 1.807) is 0 Å². The van der Waals surface area contributed by atoms with Crippen molar-refractivity contribution < 1.29 is 0 Å². The highest BCUT2D eigenvalue weighted by Gasteiger charge is 2.13. The van der Waals surface area contributed by atoms with Crippen molar-refractivity contribution in [1.82, 2.24) is 0 Å². The fraction of sp³-hybridized carbons (Fsp3) is 0.538. The van der Waals surface area contributed by atoms with Crippen molar-refractivity contribution in [1.29, 1.82) is 0 Å². The molecule has 0 saturated carbocycles. The third-order valence-electron chi connectivity index (χ3n) is 2.53. The Bertz CT molecular complexity index is 272. The Morgan fingerprint density at radius 3 is 2.15 bits per heavy atom. The second-order valence-corrected chi connectivity index (χ2v) is 4.78. The first-order chi connectivity index (χ1) is 5.92. The van der Waals surface area contributed by atoms with Gasteiger partial charge in [-0.25, -0.2) is 0 Å². The molecule has 0 aromatic rings. The van der Waals surface area contributed by atoms with Crippen LogP contribution in [0.2, 0.25) is 0 Å². The molecule has 1 aliphatic carbocycles. The molecule has 0 fully saturated rings. The second kappa shape index (κ2) is 3.53. The zero-order chi connectivity index (χ0) is 10.1. The van der Waals surface area contributed by atoms with Crippen LogP contribution >= 0.6 is 0 Å². The molecule has 0 aliphatic heterocycles. The minimum absolute atomic E-state index is 0.206. The molecule has 0 heterocycles. The molecule has 1 rings (SSSR count). The lowest BCUT2D eigenvalue weighted by Crippen LogP contribution is -2.00. The molecule has 1 aliphatic rings. The van der Waals surface area contributed by atoms with E-state index in [2.05, 4.69) is 58.9 Å². The third kappa shape index (κ3) is 2.58. The molecule has 13 heavy (non-hydrogen) atoms. The Labute approximate surface area is 82.0 Å². The summed E-state index contributed by atoms with van der Waals surface area (Å²) in [6.07, 6.45) is 9.08. The molecule has 0 heteroatoms. The molecule has 72 valence electrons. The molecule has 0 spiro atoms. The zero-order valence-electron chi connectivity index (χ0n) is 9.39. The third-order valence-corrected chi connectivity index (χ3v) is 2.53. The Hall–Kier alpha value is -0.780. The Kier molecular flexibility index (Phi) is 2.80. The Morgan fingerprint density at radius 2 is 1.62 bits per heavy atom. The Balaban J connectivity index is 3.05. The SMILES string of the molecule is CC1=C(C(C)C)C=CC(C)(C)C=C1. The quantitative estimate of drug-likeness (QED) is 0.564. The lowest BCUT2D eigenvalue weighted by molar-refractivity contribution is 0.626. The van der Waals surface area contributed by atoms with E-state index >= 15 is 0 Å². The minimum Gasteiger partial charge on any atom is -0.0748 e. The van der Waals surface area contributed by atoms with Crippen LogP contribution in [0.1, 0.15) is 34.6 Å². The number of hydrogen-bond acceptors (Lipinski definition) is 0. The smallest absolute Gasteiger partial charge is 0.00108 e. The molecule has 0 radical (unpaired) electrons. The van der Waals surface area contributed by atoms with E-state index in [1.807, 2.05) is 0 Å². The van der Waals surface area contributed by atoms with Gasteiger partial charge in [-0.15, -0.1) is 0 Å². The average Bonchev–Trinajstić information content (AvgIpc) is 2.11. The maximum absolute atomic E-state index is 2.29. The van der Waals surface area contributed by atoms with Gasteiger partial charge in [-0.05, 0) is 24.0 Å². The molecule has 0 saturated heterocycles. The number of hydrogen-bond donors (Lipinski definition) is 0. The molecule has 0 nitrogen and oxygen atoms in total. The number of rotatable bonds is 1. The number of allylic oxidation sites excluding steroid dienone is 6. The molecule has 0 aromatic carbocycles. The second-order valence-electron chi connectivity index (χ2n) is 4.78. The van der Waals surface area contributed by atoms with Crippen LogP contribution in [0, 0.1) is 11.3 Å². The molecular formula is C13H20. The average molecular weight is 176 g/mol.